The van der Waals surface area contributed by atoms with Crippen LogP contribution in [-0.4, -0.2) is 44.9 Å². The van der Waals surface area contributed by atoms with E-state index in [1.165, 1.54) is 10.4 Å². The number of rotatable bonds is 6. The molecule has 0 aromatic heterocycles. The fourth-order valence-electron chi connectivity index (χ4n) is 2.41. The zero-order valence-corrected chi connectivity index (χ0v) is 13.8. The highest BCUT2D eigenvalue weighted by Gasteiger charge is 2.27. The molecule has 1 N–H and O–H groups in total. The SMILES string of the molecule is CCNC(=O)COc1ccc(S(=O)(=O)N2CCCC2)cc1C. The van der Waals surface area contributed by atoms with Crippen molar-refractivity contribution in [2.45, 2.75) is 31.6 Å². The summed E-state index contributed by atoms with van der Waals surface area (Å²) in [5, 5.41) is 2.64. The van der Waals surface area contributed by atoms with Crippen LogP contribution in [0.3, 0.4) is 0 Å². The van der Waals surface area contributed by atoms with Gasteiger partial charge in [-0.3, -0.25) is 4.79 Å². The molecule has 0 radical (unpaired) electrons. The Bertz CT molecular complexity index is 637. The van der Waals surface area contributed by atoms with Gasteiger partial charge < -0.3 is 10.1 Å². The molecule has 2 rings (SSSR count). The first-order valence-corrected chi connectivity index (χ1v) is 8.89. The Balaban J connectivity index is 2.10. The molecule has 1 aliphatic heterocycles. The fourth-order valence-corrected chi connectivity index (χ4v) is 4.02. The van der Waals surface area contributed by atoms with Crippen LogP contribution in [0.5, 0.6) is 5.75 Å². The number of nitrogens with zero attached hydrogens (tertiary/aromatic N) is 1. The molecule has 1 aromatic rings. The lowest BCUT2D eigenvalue weighted by molar-refractivity contribution is -0.122. The van der Waals surface area contributed by atoms with E-state index in [-0.39, 0.29) is 17.4 Å². The first kappa shape index (κ1) is 16.8. The average molecular weight is 326 g/mol. The molecule has 1 saturated heterocycles. The molecule has 0 aliphatic carbocycles. The van der Waals surface area contributed by atoms with E-state index in [1.807, 2.05) is 6.92 Å². The van der Waals surface area contributed by atoms with Crippen LogP contribution < -0.4 is 10.1 Å². The summed E-state index contributed by atoms with van der Waals surface area (Å²) >= 11 is 0. The van der Waals surface area contributed by atoms with E-state index < -0.39 is 10.0 Å². The van der Waals surface area contributed by atoms with Crippen molar-refractivity contribution in [1.82, 2.24) is 9.62 Å². The van der Waals surface area contributed by atoms with E-state index in [1.54, 1.807) is 19.1 Å². The van der Waals surface area contributed by atoms with Crippen molar-refractivity contribution in [2.24, 2.45) is 0 Å². The molecule has 1 aliphatic rings. The summed E-state index contributed by atoms with van der Waals surface area (Å²) in [5.41, 5.74) is 0.699. The van der Waals surface area contributed by atoms with Crippen LogP contribution in [0.4, 0.5) is 0 Å². The van der Waals surface area contributed by atoms with Gasteiger partial charge in [0.1, 0.15) is 5.75 Å². The maximum Gasteiger partial charge on any atom is 0.257 e. The molecule has 0 atom stereocenters. The van der Waals surface area contributed by atoms with Crippen LogP contribution in [0.15, 0.2) is 23.1 Å². The van der Waals surface area contributed by atoms with Crippen molar-refractivity contribution in [3.05, 3.63) is 23.8 Å². The van der Waals surface area contributed by atoms with Gasteiger partial charge in [-0.2, -0.15) is 4.31 Å². The zero-order chi connectivity index (χ0) is 16.2. The van der Waals surface area contributed by atoms with Gasteiger partial charge in [-0.15, -0.1) is 0 Å². The molecule has 1 heterocycles. The minimum Gasteiger partial charge on any atom is -0.484 e. The highest BCUT2D eigenvalue weighted by atomic mass is 32.2. The van der Waals surface area contributed by atoms with Crippen molar-refractivity contribution in [3.63, 3.8) is 0 Å². The summed E-state index contributed by atoms with van der Waals surface area (Å²) < 4.78 is 31.9. The van der Waals surface area contributed by atoms with Gasteiger partial charge >= 0.3 is 0 Å². The second-order valence-corrected chi connectivity index (χ2v) is 7.22. The molecule has 122 valence electrons. The van der Waals surface area contributed by atoms with Crippen LogP contribution in [0, 0.1) is 6.92 Å². The van der Waals surface area contributed by atoms with Crippen LogP contribution in [-0.2, 0) is 14.8 Å². The largest absolute Gasteiger partial charge is 0.484 e. The van der Waals surface area contributed by atoms with E-state index in [4.69, 9.17) is 4.74 Å². The van der Waals surface area contributed by atoms with Gasteiger partial charge in [0.05, 0.1) is 4.90 Å². The predicted molar refractivity (Wildman–Crippen MR) is 83.4 cm³/mol. The lowest BCUT2D eigenvalue weighted by atomic mass is 10.2. The zero-order valence-electron chi connectivity index (χ0n) is 13.0. The molecule has 22 heavy (non-hydrogen) atoms. The van der Waals surface area contributed by atoms with Gasteiger partial charge in [0.15, 0.2) is 6.61 Å². The second kappa shape index (κ2) is 7.11. The molecule has 1 amide bonds. The summed E-state index contributed by atoms with van der Waals surface area (Å²) in [6.07, 6.45) is 1.82. The summed E-state index contributed by atoms with van der Waals surface area (Å²) in [7, 11) is -3.42. The quantitative estimate of drug-likeness (QED) is 0.855. The molecule has 1 aromatic carbocycles. The maximum absolute atomic E-state index is 12.5. The van der Waals surface area contributed by atoms with E-state index in [9.17, 15) is 13.2 Å². The molecular formula is C15H22N2O4S. The van der Waals surface area contributed by atoms with Crippen LogP contribution >= 0.6 is 0 Å². The monoisotopic (exact) mass is 326 g/mol. The highest BCUT2D eigenvalue weighted by molar-refractivity contribution is 7.89. The maximum atomic E-state index is 12.5. The number of nitrogens with one attached hydrogen (secondary N) is 1. The molecule has 0 spiro atoms. The smallest absolute Gasteiger partial charge is 0.257 e. The first-order chi connectivity index (χ1) is 10.4. The highest BCUT2D eigenvalue weighted by Crippen LogP contribution is 2.25. The molecule has 7 heteroatoms. The minimum absolute atomic E-state index is 0.0765. The van der Waals surface area contributed by atoms with Crippen LogP contribution in [0.1, 0.15) is 25.3 Å². The van der Waals surface area contributed by atoms with Crippen molar-refractivity contribution in [3.8, 4) is 5.75 Å². The van der Waals surface area contributed by atoms with Gasteiger partial charge in [-0.05, 0) is 50.5 Å². The van der Waals surface area contributed by atoms with Crippen molar-refractivity contribution in [2.75, 3.05) is 26.2 Å². The second-order valence-electron chi connectivity index (χ2n) is 5.28. The molecule has 1 fully saturated rings. The van der Waals surface area contributed by atoms with Crippen molar-refractivity contribution >= 4 is 15.9 Å². The Kier molecular flexibility index (Phi) is 5.42. The summed E-state index contributed by atoms with van der Waals surface area (Å²) in [5.74, 6) is 0.322. The standard InChI is InChI=1S/C15H22N2O4S/c1-3-16-15(18)11-21-14-7-6-13(10-12(14)2)22(19,20)17-8-4-5-9-17/h6-7,10H,3-5,8-9,11H2,1-2H3,(H,16,18). The van der Waals surface area contributed by atoms with Crippen molar-refractivity contribution in [1.29, 1.82) is 0 Å². The molecular weight excluding hydrogens is 304 g/mol. The summed E-state index contributed by atoms with van der Waals surface area (Å²) in [6, 6.07) is 4.74. The van der Waals surface area contributed by atoms with Gasteiger partial charge in [0.25, 0.3) is 5.91 Å². The number of amides is 1. The fraction of sp³-hybridized carbons (Fsp3) is 0.533. The van der Waals surface area contributed by atoms with Gasteiger partial charge in [-0.1, -0.05) is 0 Å². The van der Waals surface area contributed by atoms with Gasteiger partial charge in [-0.25, -0.2) is 8.42 Å². The third-order valence-electron chi connectivity index (χ3n) is 3.58. The van der Waals surface area contributed by atoms with Gasteiger partial charge in [0.2, 0.25) is 10.0 Å². The Morgan fingerprint density at radius 2 is 2.00 bits per heavy atom. The van der Waals surface area contributed by atoms with Crippen LogP contribution in [0.25, 0.3) is 0 Å². The van der Waals surface area contributed by atoms with Crippen molar-refractivity contribution < 1.29 is 17.9 Å². The van der Waals surface area contributed by atoms with E-state index in [2.05, 4.69) is 5.32 Å². The minimum atomic E-state index is -3.42. The number of likely N-dealkylation sites (N-methyl/N-ethyl adjacent to an activating group) is 1. The number of aryl methyl sites for hydroxylation is 1. The Hall–Kier alpha value is -1.60. The Labute approximate surface area is 131 Å². The molecule has 0 unspecified atom stereocenters. The summed E-state index contributed by atoms with van der Waals surface area (Å²) in [6.45, 7) is 5.24. The predicted octanol–water partition coefficient (Wildman–Crippen LogP) is 1.29. The average Bonchev–Trinajstić information content (AvgIpc) is 3.01. The number of sulfonamides is 1. The first-order valence-electron chi connectivity index (χ1n) is 7.45. The third-order valence-corrected chi connectivity index (χ3v) is 5.48. The lowest BCUT2D eigenvalue weighted by Crippen LogP contribution is -2.29. The number of hydrogen-bond donors (Lipinski definition) is 1. The molecule has 0 bridgehead atoms. The number of carbonyl (C=O) groups excluding carboxylic acids is 1. The lowest BCUT2D eigenvalue weighted by Gasteiger charge is -2.16. The molecule has 6 nitrogen and oxygen atoms in total. The third kappa shape index (κ3) is 3.78. The number of benzene rings is 1. The van der Waals surface area contributed by atoms with Crippen LogP contribution in [0.2, 0.25) is 0 Å². The number of hydrogen-bond acceptors (Lipinski definition) is 4. The number of ether oxygens (including phenoxy) is 1. The molecule has 0 saturated carbocycles. The van der Waals surface area contributed by atoms with E-state index >= 15 is 0 Å². The van der Waals surface area contributed by atoms with E-state index in [0.717, 1.165) is 12.8 Å². The van der Waals surface area contributed by atoms with E-state index in [0.29, 0.717) is 30.9 Å². The summed E-state index contributed by atoms with van der Waals surface area (Å²) in [4.78, 5) is 11.7. The Morgan fingerprint density at radius 3 is 2.59 bits per heavy atom. The number of carbonyl (C=O) groups is 1. The topological polar surface area (TPSA) is 75.7 Å². The van der Waals surface area contributed by atoms with Gasteiger partial charge in [0, 0.05) is 19.6 Å². The Morgan fingerprint density at radius 1 is 1.32 bits per heavy atom. The normalized spacial score (nSPS) is 15.7.